The van der Waals surface area contributed by atoms with Crippen molar-refractivity contribution in [2.24, 2.45) is 5.14 Å². The largest absolute Gasteiger partial charge is 0.452 e. The van der Waals surface area contributed by atoms with Crippen molar-refractivity contribution < 1.29 is 22.7 Å². The van der Waals surface area contributed by atoms with Gasteiger partial charge in [-0.25, -0.2) is 18.4 Å². The summed E-state index contributed by atoms with van der Waals surface area (Å²) in [6.45, 7) is 2.28. The molecule has 27 heavy (non-hydrogen) atoms. The van der Waals surface area contributed by atoms with E-state index in [1.54, 1.807) is 11.8 Å². The Morgan fingerprint density at radius 3 is 2.56 bits per heavy atom. The lowest BCUT2D eigenvalue weighted by Gasteiger charge is -2.28. The summed E-state index contributed by atoms with van der Waals surface area (Å²) in [6.07, 6.45) is 0.755. The van der Waals surface area contributed by atoms with Gasteiger partial charge in [-0.05, 0) is 42.2 Å². The van der Waals surface area contributed by atoms with Crippen molar-refractivity contribution in [2.45, 2.75) is 24.8 Å². The van der Waals surface area contributed by atoms with Crippen molar-refractivity contribution in [2.75, 3.05) is 13.2 Å². The van der Waals surface area contributed by atoms with Crippen LogP contribution in [-0.2, 0) is 32.5 Å². The van der Waals surface area contributed by atoms with E-state index >= 15 is 0 Å². The normalized spacial score (nSPS) is 13.8. The van der Waals surface area contributed by atoms with E-state index in [2.05, 4.69) is 0 Å². The molecule has 0 aliphatic carbocycles. The van der Waals surface area contributed by atoms with Gasteiger partial charge in [0.05, 0.1) is 10.5 Å². The first kappa shape index (κ1) is 19.1. The monoisotopic (exact) mass is 388 g/mol. The minimum absolute atomic E-state index is 0.0679. The molecule has 1 aliphatic rings. The SMILES string of the molecule is Cc1ccc(S(N)(=O)=O)cc1C(=O)OCC(=O)N1CCc2ccccc2C1. The zero-order valence-electron chi connectivity index (χ0n) is 14.8. The van der Waals surface area contributed by atoms with E-state index in [1.165, 1.54) is 17.7 Å². The van der Waals surface area contributed by atoms with Crippen molar-refractivity contribution in [3.63, 3.8) is 0 Å². The molecule has 0 radical (unpaired) electrons. The standard InChI is InChI=1S/C19H20N2O5S/c1-13-6-7-16(27(20,24)25)10-17(13)19(23)26-12-18(22)21-9-8-14-4-2-3-5-15(14)11-21/h2-7,10H,8-9,11-12H2,1H3,(H2,20,24,25). The Morgan fingerprint density at radius 2 is 1.85 bits per heavy atom. The molecule has 2 aromatic rings. The number of carbonyl (C=O) groups is 2. The molecular weight excluding hydrogens is 368 g/mol. The van der Waals surface area contributed by atoms with Crippen LogP contribution in [0.15, 0.2) is 47.4 Å². The molecule has 0 saturated carbocycles. The summed E-state index contributed by atoms with van der Waals surface area (Å²) in [4.78, 5) is 26.1. The quantitative estimate of drug-likeness (QED) is 0.797. The smallest absolute Gasteiger partial charge is 0.338 e. The number of rotatable bonds is 4. The highest BCUT2D eigenvalue weighted by atomic mass is 32.2. The number of ether oxygens (including phenoxy) is 1. The van der Waals surface area contributed by atoms with Gasteiger partial charge in [-0.1, -0.05) is 30.3 Å². The Kier molecular flexibility index (Phi) is 5.29. The van der Waals surface area contributed by atoms with Crippen LogP contribution in [0.5, 0.6) is 0 Å². The van der Waals surface area contributed by atoms with Gasteiger partial charge in [0.1, 0.15) is 0 Å². The van der Waals surface area contributed by atoms with Crippen molar-refractivity contribution in [1.29, 1.82) is 0 Å². The lowest BCUT2D eigenvalue weighted by Crippen LogP contribution is -2.38. The first-order valence-corrected chi connectivity index (χ1v) is 9.95. The molecule has 3 rings (SSSR count). The van der Waals surface area contributed by atoms with Crippen molar-refractivity contribution in [3.05, 3.63) is 64.7 Å². The second-order valence-electron chi connectivity index (χ2n) is 6.43. The molecule has 142 valence electrons. The molecule has 0 spiro atoms. The summed E-state index contributed by atoms with van der Waals surface area (Å²) in [6, 6.07) is 11.9. The van der Waals surface area contributed by atoms with Crippen LogP contribution in [0, 0.1) is 6.92 Å². The highest BCUT2D eigenvalue weighted by Crippen LogP contribution is 2.19. The second kappa shape index (κ2) is 7.50. The van der Waals surface area contributed by atoms with Gasteiger partial charge >= 0.3 is 5.97 Å². The zero-order chi connectivity index (χ0) is 19.6. The van der Waals surface area contributed by atoms with Gasteiger partial charge in [-0.2, -0.15) is 0 Å². The molecule has 0 unspecified atom stereocenters. The number of nitrogens with zero attached hydrogens (tertiary/aromatic N) is 1. The summed E-state index contributed by atoms with van der Waals surface area (Å²) < 4.78 is 28.0. The number of carbonyl (C=O) groups excluding carboxylic acids is 2. The lowest BCUT2D eigenvalue weighted by molar-refractivity contribution is -0.135. The Hall–Kier alpha value is -2.71. The fourth-order valence-corrected chi connectivity index (χ4v) is 3.54. The summed E-state index contributed by atoms with van der Waals surface area (Å²) >= 11 is 0. The van der Waals surface area contributed by atoms with Crippen molar-refractivity contribution >= 4 is 21.9 Å². The third-order valence-electron chi connectivity index (χ3n) is 4.57. The molecule has 0 saturated heterocycles. The van der Waals surface area contributed by atoms with Gasteiger partial charge in [0.25, 0.3) is 5.91 Å². The van der Waals surface area contributed by atoms with Crippen LogP contribution < -0.4 is 5.14 Å². The minimum atomic E-state index is -3.94. The second-order valence-corrected chi connectivity index (χ2v) is 7.99. The van der Waals surface area contributed by atoms with Gasteiger partial charge in [0.15, 0.2) is 6.61 Å². The molecule has 0 atom stereocenters. The van der Waals surface area contributed by atoms with E-state index in [1.807, 2.05) is 24.3 Å². The minimum Gasteiger partial charge on any atom is -0.452 e. The van der Waals surface area contributed by atoms with Crippen LogP contribution in [0.2, 0.25) is 0 Å². The molecule has 0 bridgehead atoms. The Labute approximate surface area is 157 Å². The van der Waals surface area contributed by atoms with Gasteiger partial charge in [0.2, 0.25) is 10.0 Å². The lowest BCUT2D eigenvalue weighted by atomic mass is 10.00. The van der Waals surface area contributed by atoms with Crippen LogP contribution in [0.25, 0.3) is 0 Å². The van der Waals surface area contributed by atoms with Crippen LogP contribution in [-0.4, -0.2) is 38.3 Å². The van der Waals surface area contributed by atoms with Crippen LogP contribution in [0.3, 0.4) is 0 Å². The summed E-state index contributed by atoms with van der Waals surface area (Å²) in [7, 11) is -3.94. The van der Waals surface area contributed by atoms with Gasteiger partial charge < -0.3 is 9.64 Å². The molecule has 8 heteroatoms. The number of amides is 1. The van der Waals surface area contributed by atoms with E-state index < -0.39 is 22.6 Å². The predicted octanol–water partition coefficient (Wildman–Crippen LogP) is 1.38. The number of primary sulfonamides is 1. The Morgan fingerprint density at radius 1 is 1.15 bits per heavy atom. The number of nitrogens with two attached hydrogens (primary N) is 1. The summed E-state index contributed by atoms with van der Waals surface area (Å²) in [5, 5.41) is 5.09. The molecular formula is C19H20N2O5S. The maximum absolute atomic E-state index is 12.4. The molecule has 1 aliphatic heterocycles. The molecule has 1 heterocycles. The first-order chi connectivity index (χ1) is 12.8. The average molecular weight is 388 g/mol. The maximum atomic E-state index is 12.4. The van der Waals surface area contributed by atoms with Crippen LogP contribution in [0.1, 0.15) is 27.0 Å². The van der Waals surface area contributed by atoms with Crippen LogP contribution in [0.4, 0.5) is 0 Å². The van der Waals surface area contributed by atoms with E-state index in [0.29, 0.717) is 18.7 Å². The van der Waals surface area contributed by atoms with E-state index in [-0.39, 0.29) is 16.4 Å². The maximum Gasteiger partial charge on any atom is 0.338 e. The summed E-state index contributed by atoms with van der Waals surface area (Å²) in [5.41, 5.74) is 2.90. The average Bonchev–Trinajstić information content (AvgIpc) is 2.64. The number of hydrogen-bond donors (Lipinski definition) is 1. The molecule has 7 nitrogen and oxygen atoms in total. The van der Waals surface area contributed by atoms with E-state index in [4.69, 9.17) is 9.88 Å². The van der Waals surface area contributed by atoms with Crippen LogP contribution >= 0.6 is 0 Å². The number of sulfonamides is 1. The Balaban J connectivity index is 1.65. The Bertz CT molecular complexity index is 1000. The van der Waals surface area contributed by atoms with Gasteiger partial charge in [-0.15, -0.1) is 0 Å². The topological polar surface area (TPSA) is 107 Å². The zero-order valence-corrected chi connectivity index (χ0v) is 15.7. The fraction of sp³-hybridized carbons (Fsp3) is 0.263. The third kappa shape index (κ3) is 4.35. The molecule has 2 aromatic carbocycles. The summed E-state index contributed by atoms with van der Waals surface area (Å²) in [5.74, 6) is -1.05. The van der Waals surface area contributed by atoms with Gasteiger partial charge in [-0.3, -0.25) is 4.79 Å². The molecule has 0 fully saturated rings. The number of benzene rings is 2. The first-order valence-electron chi connectivity index (χ1n) is 8.41. The van der Waals surface area contributed by atoms with Crippen molar-refractivity contribution in [1.82, 2.24) is 4.90 Å². The molecule has 2 N–H and O–H groups in total. The van der Waals surface area contributed by atoms with E-state index in [0.717, 1.165) is 18.1 Å². The number of fused-ring (bicyclic) bond motifs is 1. The highest BCUT2D eigenvalue weighted by molar-refractivity contribution is 7.89. The fourth-order valence-electron chi connectivity index (χ4n) is 3.00. The number of hydrogen-bond acceptors (Lipinski definition) is 5. The number of esters is 1. The number of aryl methyl sites for hydroxylation is 1. The van der Waals surface area contributed by atoms with Crippen molar-refractivity contribution in [3.8, 4) is 0 Å². The van der Waals surface area contributed by atoms with Gasteiger partial charge in [0, 0.05) is 13.1 Å². The predicted molar refractivity (Wildman–Crippen MR) is 98.4 cm³/mol. The molecule has 0 aromatic heterocycles. The van der Waals surface area contributed by atoms with E-state index in [9.17, 15) is 18.0 Å². The highest BCUT2D eigenvalue weighted by Gasteiger charge is 2.22. The molecule has 1 amide bonds. The third-order valence-corrected chi connectivity index (χ3v) is 5.48.